The van der Waals surface area contributed by atoms with Crippen molar-refractivity contribution in [1.29, 1.82) is 0 Å². The first-order chi connectivity index (χ1) is 13.8. The number of hydrogen-bond donors (Lipinski definition) is 0. The van der Waals surface area contributed by atoms with E-state index in [1.807, 2.05) is 41.1 Å². The zero-order valence-corrected chi connectivity index (χ0v) is 16.5. The molecule has 1 aliphatic rings. The van der Waals surface area contributed by atoms with Gasteiger partial charge in [-0.25, -0.2) is 4.98 Å². The van der Waals surface area contributed by atoms with E-state index in [1.54, 1.807) is 13.3 Å². The van der Waals surface area contributed by atoms with Gasteiger partial charge in [-0.15, -0.1) is 0 Å². The second-order valence-electron chi connectivity index (χ2n) is 7.11. The number of ether oxygens (including phenoxy) is 2. The number of hydrogen-bond acceptors (Lipinski definition) is 5. The monoisotopic (exact) mass is 380 g/mol. The first-order valence-electron chi connectivity index (χ1n) is 9.99. The smallest absolute Gasteiger partial charge is 0.142 e. The Hall–Kier alpha value is -2.73. The number of methoxy groups -OCH3 is 1. The summed E-state index contributed by atoms with van der Waals surface area (Å²) in [6.45, 7) is 6.15. The number of anilines is 1. The predicted molar refractivity (Wildman–Crippen MR) is 112 cm³/mol. The van der Waals surface area contributed by atoms with E-state index in [4.69, 9.17) is 9.47 Å². The summed E-state index contributed by atoms with van der Waals surface area (Å²) in [5, 5.41) is 0. The highest BCUT2D eigenvalue weighted by Crippen LogP contribution is 2.28. The zero-order chi connectivity index (χ0) is 19.2. The Balaban J connectivity index is 1.15. The Labute approximate surface area is 166 Å². The average molecular weight is 380 g/mol. The van der Waals surface area contributed by atoms with Crippen molar-refractivity contribution >= 4 is 11.3 Å². The number of pyridine rings is 1. The first kappa shape index (κ1) is 18.6. The summed E-state index contributed by atoms with van der Waals surface area (Å²) in [4.78, 5) is 9.21. The number of aromatic nitrogens is 2. The standard InChI is InChI=1S/C22H28N4O2/c1-27-21-7-3-2-6-20(21)25-15-13-24(14-16-25)11-4-5-17-28-19-8-9-22-23-10-12-26(22)18-19/h2-3,6-10,12,18H,4-5,11,13-17H2,1H3. The molecule has 3 heterocycles. The highest BCUT2D eigenvalue weighted by molar-refractivity contribution is 5.58. The third kappa shape index (κ3) is 4.39. The largest absolute Gasteiger partial charge is 0.495 e. The normalized spacial score (nSPS) is 15.1. The lowest BCUT2D eigenvalue weighted by Gasteiger charge is -2.36. The van der Waals surface area contributed by atoms with Crippen LogP contribution in [0.15, 0.2) is 55.0 Å². The van der Waals surface area contributed by atoms with Crippen molar-refractivity contribution in [3.8, 4) is 11.5 Å². The average Bonchev–Trinajstić information content (AvgIpc) is 3.22. The van der Waals surface area contributed by atoms with Gasteiger partial charge in [0.15, 0.2) is 0 Å². The molecule has 0 bridgehead atoms. The highest BCUT2D eigenvalue weighted by Gasteiger charge is 2.18. The fourth-order valence-electron chi connectivity index (χ4n) is 3.72. The van der Waals surface area contributed by atoms with Crippen molar-refractivity contribution < 1.29 is 9.47 Å². The number of fused-ring (bicyclic) bond motifs is 1. The first-order valence-corrected chi connectivity index (χ1v) is 9.99. The maximum atomic E-state index is 5.88. The third-order valence-electron chi connectivity index (χ3n) is 5.30. The van der Waals surface area contributed by atoms with Crippen LogP contribution in [0.4, 0.5) is 5.69 Å². The number of piperazine rings is 1. The summed E-state index contributed by atoms with van der Waals surface area (Å²) in [7, 11) is 1.74. The molecule has 0 radical (unpaired) electrons. The molecule has 1 fully saturated rings. The molecule has 4 rings (SSSR count). The molecular weight excluding hydrogens is 352 g/mol. The van der Waals surface area contributed by atoms with Gasteiger partial charge in [0, 0.05) is 38.6 Å². The SMILES string of the molecule is COc1ccccc1N1CCN(CCCCOc2ccc3nccn3c2)CC1. The van der Waals surface area contributed by atoms with Crippen LogP contribution >= 0.6 is 0 Å². The molecule has 6 heteroatoms. The summed E-state index contributed by atoms with van der Waals surface area (Å²) in [6.07, 6.45) is 7.94. The van der Waals surface area contributed by atoms with Gasteiger partial charge in [0.05, 0.1) is 25.6 Å². The Morgan fingerprint density at radius 1 is 1.00 bits per heavy atom. The lowest BCUT2D eigenvalue weighted by atomic mass is 10.2. The minimum absolute atomic E-state index is 0.751. The predicted octanol–water partition coefficient (Wildman–Crippen LogP) is 3.32. The molecule has 2 aromatic heterocycles. The van der Waals surface area contributed by atoms with Gasteiger partial charge in [0.25, 0.3) is 0 Å². The molecule has 0 aliphatic carbocycles. The minimum Gasteiger partial charge on any atom is -0.495 e. The van der Waals surface area contributed by atoms with Crippen LogP contribution in [0.1, 0.15) is 12.8 Å². The van der Waals surface area contributed by atoms with Crippen LogP contribution in [0, 0.1) is 0 Å². The number of unbranched alkanes of at least 4 members (excludes halogenated alkanes) is 1. The molecule has 0 saturated carbocycles. The van der Waals surface area contributed by atoms with Crippen molar-refractivity contribution in [2.75, 3.05) is 51.3 Å². The number of rotatable bonds is 8. The van der Waals surface area contributed by atoms with Crippen molar-refractivity contribution in [2.24, 2.45) is 0 Å². The molecule has 28 heavy (non-hydrogen) atoms. The molecule has 0 N–H and O–H groups in total. The molecule has 0 atom stereocenters. The summed E-state index contributed by atoms with van der Waals surface area (Å²) >= 11 is 0. The van der Waals surface area contributed by atoms with Crippen LogP contribution in [0.2, 0.25) is 0 Å². The molecule has 3 aromatic rings. The van der Waals surface area contributed by atoms with E-state index >= 15 is 0 Å². The molecule has 148 valence electrons. The Morgan fingerprint density at radius 3 is 2.71 bits per heavy atom. The molecule has 1 saturated heterocycles. The highest BCUT2D eigenvalue weighted by atomic mass is 16.5. The van der Waals surface area contributed by atoms with E-state index in [1.165, 1.54) is 5.69 Å². The van der Waals surface area contributed by atoms with Crippen LogP contribution in [0.25, 0.3) is 5.65 Å². The topological polar surface area (TPSA) is 42.2 Å². The molecule has 6 nitrogen and oxygen atoms in total. The van der Waals surface area contributed by atoms with E-state index in [0.717, 1.165) is 69.3 Å². The van der Waals surface area contributed by atoms with Gasteiger partial charge in [-0.3, -0.25) is 4.90 Å². The number of benzene rings is 1. The number of imidazole rings is 1. The Bertz CT molecular complexity index is 887. The lowest BCUT2D eigenvalue weighted by Crippen LogP contribution is -2.46. The van der Waals surface area contributed by atoms with Crippen molar-refractivity contribution in [3.05, 3.63) is 55.0 Å². The van der Waals surface area contributed by atoms with Gasteiger partial charge in [-0.05, 0) is 43.7 Å². The fraction of sp³-hybridized carbons (Fsp3) is 0.409. The second kappa shape index (κ2) is 8.97. The van der Waals surface area contributed by atoms with Gasteiger partial charge in [-0.2, -0.15) is 0 Å². The molecule has 1 aliphatic heterocycles. The van der Waals surface area contributed by atoms with Crippen LogP contribution < -0.4 is 14.4 Å². The molecule has 0 amide bonds. The van der Waals surface area contributed by atoms with Crippen LogP contribution in [-0.4, -0.2) is 60.7 Å². The van der Waals surface area contributed by atoms with Gasteiger partial charge in [-0.1, -0.05) is 12.1 Å². The lowest BCUT2D eigenvalue weighted by molar-refractivity contribution is 0.238. The summed E-state index contributed by atoms with van der Waals surface area (Å²) in [5.74, 6) is 1.86. The van der Waals surface area contributed by atoms with Gasteiger partial charge in [0.2, 0.25) is 0 Å². The van der Waals surface area contributed by atoms with E-state index in [0.29, 0.717) is 0 Å². The zero-order valence-electron chi connectivity index (χ0n) is 16.5. The summed E-state index contributed by atoms with van der Waals surface area (Å²) in [5.41, 5.74) is 2.15. The second-order valence-corrected chi connectivity index (χ2v) is 7.11. The van der Waals surface area contributed by atoms with Crippen LogP contribution in [-0.2, 0) is 0 Å². The number of para-hydroxylation sites is 2. The molecule has 1 aromatic carbocycles. The van der Waals surface area contributed by atoms with Crippen LogP contribution in [0.3, 0.4) is 0 Å². The maximum Gasteiger partial charge on any atom is 0.142 e. The molecule has 0 unspecified atom stereocenters. The van der Waals surface area contributed by atoms with Gasteiger partial charge < -0.3 is 18.8 Å². The quantitative estimate of drug-likeness (QED) is 0.561. The fourth-order valence-corrected chi connectivity index (χ4v) is 3.72. The minimum atomic E-state index is 0.751. The van der Waals surface area contributed by atoms with Crippen LogP contribution in [0.5, 0.6) is 11.5 Å². The third-order valence-corrected chi connectivity index (χ3v) is 5.30. The molecule has 0 spiro atoms. The van der Waals surface area contributed by atoms with E-state index in [2.05, 4.69) is 26.9 Å². The number of nitrogens with zero attached hydrogens (tertiary/aromatic N) is 4. The van der Waals surface area contributed by atoms with Gasteiger partial charge >= 0.3 is 0 Å². The van der Waals surface area contributed by atoms with Crippen molar-refractivity contribution in [3.63, 3.8) is 0 Å². The van der Waals surface area contributed by atoms with Crippen molar-refractivity contribution in [2.45, 2.75) is 12.8 Å². The van der Waals surface area contributed by atoms with E-state index < -0.39 is 0 Å². The van der Waals surface area contributed by atoms with Crippen molar-refractivity contribution in [1.82, 2.24) is 14.3 Å². The molecular formula is C22H28N4O2. The summed E-state index contributed by atoms with van der Waals surface area (Å²) in [6, 6.07) is 12.2. The van der Waals surface area contributed by atoms with E-state index in [9.17, 15) is 0 Å². The Kier molecular flexibility index (Phi) is 5.97. The van der Waals surface area contributed by atoms with Gasteiger partial charge in [0.1, 0.15) is 17.1 Å². The van der Waals surface area contributed by atoms with E-state index in [-0.39, 0.29) is 0 Å². The maximum absolute atomic E-state index is 5.88. The Morgan fingerprint density at radius 2 is 1.86 bits per heavy atom. The summed E-state index contributed by atoms with van der Waals surface area (Å²) < 4.78 is 13.4.